The maximum absolute atomic E-state index is 13.8. The Morgan fingerprint density at radius 2 is 1.76 bits per heavy atom. The van der Waals surface area contributed by atoms with Crippen LogP contribution < -0.4 is 11.1 Å². The van der Waals surface area contributed by atoms with E-state index in [4.69, 9.17) is 5.73 Å². The van der Waals surface area contributed by atoms with Crippen LogP contribution in [0.15, 0.2) is 30.3 Å². The van der Waals surface area contributed by atoms with Gasteiger partial charge >= 0.3 is 0 Å². The average Bonchev–Trinajstić information content (AvgIpc) is 2.43. The van der Waals surface area contributed by atoms with Crippen molar-refractivity contribution in [1.29, 1.82) is 0 Å². The van der Waals surface area contributed by atoms with Gasteiger partial charge < -0.3 is 11.1 Å². The van der Waals surface area contributed by atoms with Crippen LogP contribution in [0.1, 0.15) is 11.1 Å². The molecule has 7 heteroatoms. The molecule has 2 aromatic rings. The summed E-state index contributed by atoms with van der Waals surface area (Å²) in [5.41, 5.74) is 4.83. The zero-order chi connectivity index (χ0) is 15.6. The second-order valence-corrected chi connectivity index (χ2v) is 4.68. The summed E-state index contributed by atoms with van der Waals surface area (Å²) >= 11 is 4.58. The molecule has 0 spiro atoms. The van der Waals surface area contributed by atoms with E-state index in [0.717, 1.165) is 18.2 Å². The maximum Gasteiger partial charge on any atom is 0.182 e. The Labute approximate surface area is 123 Å². The van der Waals surface area contributed by atoms with Gasteiger partial charge in [0.05, 0.1) is 5.69 Å². The fraction of sp³-hybridized carbons (Fsp3) is 0.0714. The van der Waals surface area contributed by atoms with Gasteiger partial charge in [0.1, 0.15) is 16.6 Å². The molecule has 0 radical (unpaired) electrons. The van der Waals surface area contributed by atoms with Gasteiger partial charge in [0.25, 0.3) is 0 Å². The highest BCUT2D eigenvalue weighted by molar-refractivity contribution is 7.80. The van der Waals surface area contributed by atoms with Crippen molar-refractivity contribution in [2.24, 2.45) is 5.73 Å². The molecule has 0 heterocycles. The monoisotopic (exact) mass is 314 g/mol. The van der Waals surface area contributed by atoms with Crippen LogP contribution in [0.5, 0.6) is 0 Å². The molecule has 2 aromatic carbocycles. The van der Waals surface area contributed by atoms with E-state index in [1.54, 1.807) is 0 Å². The molecule has 0 saturated heterocycles. The number of thiocarbonyl (C=S) groups is 1. The smallest absolute Gasteiger partial charge is 0.182 e. The predicted octanol–water partition coefficient (Wildman–Crippen LogP) is 3.49. The van der Waals surface area contributed by atoms with E-state index in [1.807, 2.05) is 0 Å². The van der Waals surface area contributed by atoms with Crippen LogP contribution in [-0.4, -0.2) is 4.99 Å². The van der Waals surface area contributed by atoms with Gasteiger partial charge in [0.15, 0.2) is 11.6 Å². The van der Waals surface area contributed by atoms with E-state index in [1.165, 1.54) is 12.1 Å². The molecule has 0 atom stereocenters. The molecular weight excluding hydrogens is 304 g/mol. The number of nitrogens with one attached hydrogen (secondary N) is 1. The summed E-state index contributed by atoms with van der Waals surface area (Å²) in [6.45, 7) is -0.202. The van der Waals surface area contributed by atoms with E-state index in [9.17, 15) is 17.6 Å². The summed E-state index contributed by atoms with van der Waals surface area (Å²) in [4.78, 5) is -0.269. The third-order valence-electron chi connectivity index (χ3n) is 2.82. The van der Waals surface area contributed by atoms with E-state index < -0.39 is 23.3 Å². The molecule has 2 rings (SSSR count). The standard InChI is InChI=1S/C14H10F4N2S/c15-8-1-3-10(16)7(5-8)6-20-11-4-2-9(14(19)21)12(17)13(11)18/h1-5,20H,6H2,(H2,19,21). The van der Waals surface area contributed by atoms with Crippen LogP contribution in [0.25, 0.3) is 0 Å². The first-order chi connectivity index (χ1) is 9.90. The Hall–Kier alpha value is -2.15. The van der Waals surface area contributed by atoms with Crippen molar-refractivity contribution in [1.82, 2.24) is 0 Å². The fourth-order valence-corrected chi connectivity index (χ4v) is 1.90. The SMILES string of the molecule is NC(=S)c1ccc(NCc2cc(F)ccc2F)c(F)c1F. The number of anilines is 1. The van der Waals surface area contributed by atoms with Gasteiger partial charge in [-0.25, -0.2) is 17.6 Å². The molecule has 0 aromatic heterocycles. The summed E-state index contributed by atoms with van der Waals surface area (Å²) in [6.07, 6.45) is 0. The Morgan fingerprint density at radius 3 is 2.43 bits per heavy atom. The van der Waals surface area contributed by atoms with Crippen molar-refractivity contribution in [3.63, 3.8) is 0 Å². The highest BCUT2D eigenvalue weighted by atomic mass is 32.1. The molecule has 3 N–H and O–H groups in total. The zero-order valence-corrected chi connectivity index (χ0v) is 11.4. The lowest BCUT2D eigenvalue weighted by molar-refractivity contribution is 0.509. The lowest BCUT2D eigenvalue weighted by atomic mass is 10.1. The highest BCUT2D eigenvalue weighted by Gasteiger charge is 2.15. The number of rotatable bonds is 4. The summed E-state index contributed by atoms with van der Waals surface area (Å²) in [5.74, 6) is -3.64. The molecule has 0 saturated carbocycles. The molecule has 0 aliphatic carbocycles. The minimum atomic E-state index is -1.19. The van der Waals surface area contributed by atoms with Gasteiger partial charge in [0, 0.05) is 17.7 Å². The molecule has 0 fully saturated rings. The van der Waals surface area contributed by atoms with Crippen LogP contribution >= 0.6 is 12.2 Å². The molecule has 0 bridgehead atoms. The molecular formula is C14H10F4N2S. The van der Waals surface area contributed by atoms with Crippen molar-refractivity contribution in [3.8, 4) is 0 Å². The van der Waals surface area contributed by atoms with Gasteiger partial charge in [0.2, 0.25) is 0 Å². The van der Waals surface area contributed by atoms with Gasteiger partial charge in [-0.1, -0.05) is 12.2 Å². The number of benzene rings is 2. The van der Waals surface area contributed by atoms with E-state index in [0.29, 0.717) is 0 Å². The van der Waals surface area contributed by atoms with Crippen molar-refractivity contribution in [3.05, 3.63) is 64.7 Å². The van der Waals surface area contributed by atoms with E-state index in [2.05, 4.69) is 17.5 Å². The van der Waals surface area contributed by atoms with Gasteiger partial charge in [-0.05, 0) is 30.3 Å². The fourth-order valence-electron chi connectivity index (χ4n) is 1.75. The first-order valence-electron chi connectivity index (χ1n) is 5.85. The number of nitrogens with two attached hydrogens (primary N) is 1. The lowest BCUT2D eigenvalue weighted by Gasteiger charge is -2.11. The van der Waals surface area contributed by atoms with Crippen LogP contribution in [0, 0.1) is 23.3 Å². The minimum Gasteiger partial charge on any atom is -0.389 e. The van der Waals surface area contributed by atoms with Crippen molar-refractivity contribution in [2.75, 3.05) is 5.32 Å². The topological polar surface area (TPSA) is 38.0 Å². The Balaban J connectivity index is 2.23. The first-order valence-corrected chi connectivity index (χ1v) is 6.26. The van der Waals surface area contributed by atoms with Crippen molar-refractivity contribution in [2.45, 2.75) is 6.54 Å². The third-order valence-corrected chi connectivity index (χ3v) is 3.04. The van der Waals surface area contributed by atoms with Crippen molar-refractivity contribution >= 4 is 22.9 Å². The predicted molar refractivity (Wildman–Crippen MR) is 75.9 cm³/mol. The van der Waals surface area contributed by atoms with Crippen LogP contribution in [0.2, 0.25) is 0 Å². The summed E-state index contributed by atoms with van der Waals surface area (Å²) in [6, 6.07) is 5.34. The Bertz CT molecular complexity index is 704. The minimum absolute atomic E-state index is 0.00627. The molecule has 2 nitrogen and oxygen atoms in total. The van der Waals surface area contributed by atoms with Crippen LogP contribution in [0.3, 0.4) is 0 Å². The second-order valence-electron chi connectivity index (χ2n) is 4.24. The molecule has 21 heavy (non-hydrogen) atoms. The largest absolute Gasteiger partial charge is 0.389 e. The Morgan fingerprint density at radius 1 is 1.05 bits per heavy atom. The molecule has 0 amide bonds. The van der Waals surface area contributed by atoms with Crippen LogP contribution in [-0.2, 0) is 6.54 Å². The van der Waals surface area contributed by atoms with E-state index >= 15 is 0 Å². The number of hydrogen-bond acceptors (Lipinski definition) is 2. The first kappa shape index (κ1) is 15.2. The zero-order valence-electron chi connectivity index (χ0n) is 10.6. The van der Waals surface area contributed by atoms with Gasteiger partial charge in [-0.3, -0.25) is 0 Å². The average molecular weight is 314 g/mol. The maximum atomic E-state index is 13.8. The normalized spacial score (nSPS) is 10.5. The summed E-state index contributed by atoms with van der Waals surface area (Å²) < 4.78 is 53.9. The quantitative estimate of drug-likeness (QED) is 0.670. The van der Waals surface area contributed by atoms with Crippen molar-refractivity contribution < 1.29 is 17.6 Å². The summed E-state index contributed by atoms with van der Waals surface area (Å²) in [5, 5.41) is 2.50. The lowest BCUT2D eigenvalue weighted by Crippen LogP contribution is -2.14. The van der Waals surface area contributed by atoms with Crippen LogP contribution in [0.4, 0.5) is 23.2 Å². The third kappa shape index (κ3) is 3.30. The molecule has 110 valence electrons. The molecule has 0 aliphatic heterocycles. The molecule has 0 unspecified atom stereocenters. The number of hydrogen-bond donors (Lipinski definition) is 2. The second kappa shape index (κ2) is 6.09. The summed E-state index contributed by atoms with van der Waals surface area (Å²) in [7, 11) is 0. The van der Waals surface area contributed by atoms with Gasteiger partial charge in [-0.2, -0.15) is 0 Å². The highest BCUT2D eigenvalue weighted by Crippen LogP contribution is 2.22. The Kier molecular flexibility index (Phi) is 4.42. The van der Waals surface area contributed by atoms with E-state index in [-0.39, 0.29) is 28.3 Å². The van der Waals surface area contributed by atoms with Gasteiger partial charge in [-0.15, -0.1) is 0 Å². The molecule has 0 aliphatic rings. The number of halogens is 4.